The molecule has 0 amide bonds. The average Bonchev–Trinajstić information content (AvgIpc) is 2.88. The van der Waals surface area contributed by atoms with Gasteiger partial charge in [0, 0.05) is 12.8 Å². The summed E-state index contributed by atoms with van der Waals surface area (Å²) in [5.41, 5.74) is 0.831. The Balaban J connectivity index is 1.86. The SMILES string of the molecule is CCOC1CC(n2cc([N+](=O)[O-])c(-c3ccccn3)n2)C1. The van der Waals surface area contributed by atoms with Gasteiger partial charge in [0.05, 0.1) is 22.8 Å². The van der Waals surface area contributed by atoms with Crippen molar-refractivity contribution in [1.82, 2.24) is 14.8 Å². The van der Waals surface area contributed by atoms with E-state index >= 15 is 0 Å². The van der Waals surface area contributed by atoms with Crippen LogP contribution in [0.2, 0.25) is 0 Å². The van der Waals surface area contributed by atoms with Crippen molar-refractivity contribution < 1.29 is 9.66 Å². The summed E-state index contributed by atoms with van der Waals surface area (Å²) in [6.45, 7) is 2.65. The maximum absolute atomic E-state index is 11.2. The summed E-state index contributed by atoms with van der Waals surface area (Å²) in [7, 11) is 0. The van der Waals surface area contributed by atoms with E-state index in [9.17, 15) is 10.1 Å². The number of nitrogens with zero attached hydrogens (tertiary/aromatic N) is 4. The van der Waals surface area contributed by atoms with Crippen molar-refractivity contribution in [2.45, 2.75) is 31.9 Å². The molecule has 7 nitrogen and oxygen atoms in total. The molecule has 0 atom stereocenters. The minimum Gasteiger partial charge on any atom is -0.378 e. The molecular formula is C14H16N4O3. The third kappa shape index (κ3) is 2.64. The first-order valence-corrected chi connectivity index (χ1v) is 6.95. The molecule has 0 N–H and O–H groups in total. The van der Waals surface area contributed by atoms with Crippen molar-refractivity contribution in [3.63, 3.8) is 0 Å². The molecule has 0 unspecified atom stereocenters. The highest BCUT2D eigenvalue weighted by Gasteiger charge is 2.34. The standard InChI is InChI=1S/C14H16N4O3/c1-2-21-11-7-10(8-11)17-9-13(18(19)20)14(16-17)12-5-3-4-6-15-12/h3-6,9-11H,2,7-8H2,1H3. The first-order chi connectivity index (χ1) is 10.2. The predicted molar refractivity (Wildman–Crippen MR) is 75.8 cm³/mol. The van der Waals surface area contributed by atoms with Gasteiger partial charge in [0.2, 0.25) is 0 Å². The van der Waals surface area contributed by atoms with Gasteiger partial charge < -0.3 is 4.74 Å². The topological polar surface area (TPSA) is 83.1 Å². The first-order valence-electron chi connectivity index (χ1n) is 6.95. The summed E-state index contributed by atoms with van der Waals surface area (Å²) in [5.74, 6) is 0. The van der Waals surface area contributed by atoms with Gasteiger partial charge in [0.25, 0.3) is 0 Å². The summed E-state index contributed by atoms with van der Waals surface area (Å²) in [4.78, 5) is 14.9. The maximum Gasteiger partial charge on any atom is 0.316 e. The lowest BCUT2D eigenvalue weighted by atomic mass is 9.89. The zero-order chi connectivity index (χ0) is 14.8. The molecule has 3 rings (SSSR count). The number of rotatable bonds is 5. The molecule has 1 aliphatic rings. The molecule has 1 saturated carbocycles. The van der Waals surface area contributed by atoms with E-state index in [4.69, 9.17) is 4.74 Å². The highest BCUT2D eigenvalue weighted by atomic mass is 16.6. The van der Waals surface area contributed by atoms with Crippen LogP contribution in [0, 0.1) is 10.1 Å². The zero-order valence-electron chi connectivity index (χ0n) is 11.7. The van der Waals surface area contributed by atoms with Crippen LogP contribution in [-0.4, -0.2) is 32.4 Å². The fourth-order valence-corrected chi connectivity index (χ4v) is 2.51. The van der Waals surface area contributed by atoms with Crippen molar-refractivity contribution >= 4 is 5.69 Å². The number of hydrogen-bond acceptors (Lipinski definition) is 5. The van der Waals surface area contributed by atoms with Gasteiger partial charge in [-0.1, -0.05) is 6.07 Å². The Morgan fingerprint density at radius 1 is 1.48 bits per heavy atom. The van der Waals surface area contributed by atoms with E-state index in [1.807, 2.05) is 6.92 Å². The smallest absolute Gasteiger partial charge is 0.316 e. The molecule has 2 heterocycles. The van der Waals surface area contributed by atoms with Crippen molar-refractivity contribution in [2.24, 2.45) is 0 Å². The Morgan fingerprint density at radius 3 is 2.90 bits per heavy atom. The summed E-state index contributed by atoms with van der Waals surface area (Å²) >= 11 is 0. The van der Waals surface area contributed by atoms with Gasteiger partial charge in [-0.2, -0.15) is 5.10 Å². The molecule has 0 radical (unpaired) electrons. The van der Waals surface area contributed by atoms with Gasteiger partial charge in [-0.15, -0.1) is 0 Å². The molecule has 7 heteroatoms. The molecule has 0 saturated heterocycles. The molecule has 110 valence electrons. The van der Waals surface area contributed by atoms with E-state index in [1.54, 1.807) is 29.1 Å². The van der Waals surface area contributed by atoms with Crippen LogP contribution in [0.15, 0.2) is 30.6 Å². The third-order valence-corrected chi connectivity index (χ3v) is 3.66. The zero-order valence-corrected chi connectivity index (χ0v) is 11.7. The second-order valence-electron chi connectivity index (χ2n) is 5.02. The van der Waals surface area contributed by atoms with E-state index in [2.05, 4.69) is 10.1 Å². The lowest BCUT2D eigenvalue weighted by molar-refractivity contribution is -0.384. The van der Waals surface area contributed by atoms with E-state index in [0.717, 1.165) is 12.8 Å². The number of nitro groups is 1. The lowest BCUT2D eigenvalue weighted by Crippen LogP contribution is -2.33. The van der Waals surface area contributed by atoms with Crippen molar-refractivity contribution in [3.05, 3.63) is 40.7 Å². The molecule has 1 fully saturated rings. The molecule has 0 aromatic carbocycles. The van der Waals surface area contributed by atoms with Crippen LogP contribution in [-0.2, 0) is 4.74 Å². The maximum atomic E-state index is 11.2. The Bertz CT molecular complexity index is 635. The Kier molecular flexibility index (Phi) is 3.66. The van der Waals surface area contributed by atoms with Gasteiger partial charge in [-0.25, -0.2) is 0 Å². The number of hydrogen-bond donors (Lipinski definition) is 0. The van der Waals surface area contributed by atoms with Crippen LogP contribution in [0.4, 0.5) is 5.69 Å². The summed E-state index contributed by atoms with van der Waals surface area (Å²) in [5, 5.41) is 15.6. The van der Waals surface area contributed by atoms with Crippen LogP contribution in [0.25, 0.3) is 11.4 Å². The normalized spacial score (nSPS) is 21.0. The Hall–Kier alpha value is -2.28. The van der Waals surface area contributed by atoms with Gasteiger partial charge >= 0.3 is 5.69 Å². The molecular weight excluding hydrogens is 272 g/mol. The number of pyridine rings is 1. The molecule has 2 aromatic heterocycles. The predicted octanol–water partition coefficient (Wildman–Crippen LogP) is 2.59. The summed E-state index contributed by atoms with van der Waals surface area (Å²) in [6, 6.07) is 5.45. The minimum atomic E-state index is -0.411. The highest BCUT2D eigenvalue weighted by molar-refractivity contribution is 5.65. The molecule has 0 spiro atoms. The summed E-state index contributed by atoms with van der Waals surface area (Å²) in [6.07, 6.45) is 5.02. The molecule has 2 aromatic rings. The van der Waals surface area contributed by atoms with Crippen LogP contribution in [0.1, 0.15) is 25.8 Å². The molecule has 0 bridgehead atoms. The van der Waals surface area contributed by atoms with E-state index in [0.29, 0.717) is 18.0 Å². The number of ether oxygens (including phenoxy) is 1. The quantitative estimate of drug-likeness (QED) is 0.623. The number of aromatic nitrogens is 3. The molecule has 21 heavy (non-hydrogen) atoms. The van der Waals surface area contributed by atoms with Crippen LogP contribution >= 0.6 is 0 Å². The second kappa shape index (κ2) is 5.61. The van der Waals surface area contributed by atoms with E-state index in [-0.39, 0.29) is 17.8 Å². The van der Waals surface area contributed by atoms with E-state index < -0.39 is 4.92 Å². The van der Waals surface area contributed by atoms with Gasteiger partial charge in [-0.05, 0) is 31.9 Å². The molecule has 1 aliphatic carbocycles. The van der Waals surface area contributed by atoms with Crippen molar-refractivity contribution in [2.75, 3.05) is 6.61 Å². The Morgan fingerprint density at radius 2 is 2.29 bits per heavy atom. The lowest BCUT2D eigenvalue weighted by Gasteiger charge is -2.34. The van der Waals surface area contributed by atoms with Gasteiger partial charge in [0.1, 0.15) is 6.20 Å². The average molecular weight is 288 g/mol. The summed E-state index contributed by atoms with van der Waals surface area (Å²) < 4.78 is 7.19. The van der Waals surface area contributed by atoms with Crippen LogP contribution < -0.4 is 0 Å². The van der Waals surface area contributed by atoms with Gasteiger partial charge in [-0.3, -0.25) is 19.8 Å². The Labute approximate surface area is 121 Å². The largest absolute Gasteiger partial charge is 0.378 e. The first kappa shape index (κ1) is 13.7. The van der Waals surface area contributed by atoms with Crippen molar-refractivity contribution in [3.8, 4) is 11.4 Å². The van der Waals surface area contributed by atoms with Crippen LogP contribution in [0.3, 0.4) is 0 Å². The van der Waals surface area contributed by atoms with Gasteiger partial charge in [0.15, 0.2) is 5.69 Å². The second-order valence-corrected chi connectivity index (χ2v) is 5.02. The fraction of sp³-hybridized carbons (Fsp3) is 0.429. The fourth-order valence-electron chi connectivity index (χ4n) is 2.51. The highest BCUT2D eigenvalue weighted by Crippen LogP contribution is 2.37. The van der Waals surface area contributed by atoms with Crippen molar-refractivity contribution in [1.29, 1.82) is 0 Å². The monoisotopic (exact) mass is 288 g/mol. The minimum absolute atomic E-state index is 0.00596. The van der Waals surface area contributed by atoms with E-state index in [1.165, 1.54) is 6.20 Å². The molecule has 0 aliphatic heterocycles. The third-order valence-electron chi connectivity index (χ3n) is 3.66. The van der Waals surface area contributed by atoms with Crippen LogP contribution in [0.5, 0.6) is 0 Å².